The molecule has 1 amide bonds. The molecule has 5 nitrogen and oxygen atoms in total. The third-order valence-corrected chi connectivity index (χ3v) is 5.87. The second-order valence-corrected chi connectivity index (χ2v) is 7.92. The summed E-state index contributed by atoms with van der Waals surface area (Å²) in [7, 11) is 0. The molecule has 3 rings (SSSR count). The van der Waals surface area contributed by atoms with E-state index < -0.39 is 0 Å². The first-order valence-electron chi connectivity index (χ1n) is 9.67. The standard InChI is InChI=1S/C19H32N4O/c1-14(2)16-7-5-15(6-8-16)12-21-19(24)18-9-11-23(22-18)17-4-3-10-20-13-17/h9,11,14-17,20H,3-8,10,12-13H2,1-2H3,(H,21,24). The van der Waals surface area contributed by atoms with Crippen LogP contribution in [0.15, 0.2) is 12.3 Å². The Hall–Kier alpha value is -1.36. The zero-order chi connectivity index (χ0) is 16.9. The Kier molecular flexibility index (Phi) is 5.93. The predicted molar refractivity (Wildman–Crippen MR) is 96.0 cm³/mol. The van der Waals surface area contributed by atoms with Crippen LogP contribution >= 0.6 is 0 Å². The molecular weight excluding hydrogens is 300 g/mol. The zero-order valence-corrected chi connectivity index (χ0v) is 15.1. The van der Waals surface area contributed by atoms with Crippen molar-refractivity contribution in [2.45, 2.75) is 58.4 Å². The van der Waals surface area contributed by atoms with Crippen molar-refractivity contribution < 1.29 is 4.79 Å². The summed E-state index contributed by atoms with van der Waals surface area (Å²) in [5, 5.41) is 11.0. The van der Waals surface area contributed by atoms with Gasteiger partial charge in [-0.15, -0.1) is 0 Å². The second kappa shape index (κ2) is 8.15. The average Bonchev–Trinajstić information content (AvgIpc) is 3.11. The first-order chi connectivity index (χ1) is 11.6. The average molecular weight is 332 g/mol. The van der Waals surface area contributed by atoms with Crippen molar-refractivity contribution in [1.82, 2.24) is 20.4 Å². The number of carbonyl (C=O) groups is 1. The summed E-state index contributed by atoms with van der Waals surface area (Å²) in [6, 6.07) is 2.23. The molecule has 5 heteroatoms. The third-order valence-electron chi connectivity index (χ3n) is 5.87. The number of nitrogens with one attached hydrogen (secondary N) is 2. The molecule has 1 atom stereocenters. The highest BCUT2D eigenvalue weighted by Crippen LogP contribution is 2.32. The molecule has 1 unspecified atom stereocenters. The molecule has 2 heterocycles. The Morgan fingerprint density at radius 3 is 2.79 bits per heavy atom. The number of nitrogens with zero attached hydrogens (tertiary/aromatic N) is 2. The van der Waals surface area contributed by atoms with Crippen molar-refractivity contribution in [3.05, 3.63) is 18.0 Å². The minimum atomic E-state index is -0.0245. The van der Waals surface area contributed by atoms with Crippen molar-refractivity contribution in [2.24, 2.45) is 17.8 Å². The van der Waals surface area contributed by atoms with Crippen LogP contribution in [0.1, 0.15) is 68.9 Å². The van der Waals surface area contributed by atoms with Crippen LogP contribution in [0.4, 0.5) is 0 Å². The highest BCUT2D eigenvalue weighted by atomic mass is 16.1. The van der Waals surface area contributed by atoms with E-state index in [-0.39, 0.29) is 5.91 Å². The maximum absolute atomic E-state index is 12.4. The maximum atomic E-state index is 12.4. The number of rotatable bonds is 5. The summed E-state index contributed by atoms with van der Waals surface area (Å²) >= 11 is 0. The normalized spacial score (nSPS) is 28.0. The van der Waals surface area contributed by atoms with E-state index in [1.54, 1.807) is 0 Å². The van der Waals surface area contributed by atoms with Gasteiger partial charge in [-0.2, -0.15) is 5.10 Å². The van der Waals surface area contributed by atoms with Gasteiger partial charge >= 0.3 is 0 Å². The fourth-order valence-corrected chi connectivity index (χ4v) is 4.11. The smallest absolute Gasteiger partial charge is 0.271 e. The number of hydrogen-bond acceptors (Lipinski definition) is 3. The van der Waals surface area contributed by atoms with Gasteiger partial charge < -0.3 is 10.6 Å². The summed E-state index contributed by atoms with van der Waals surface area (Å²) in [5.74, 6) is 2.27. The minimum Gasteiger partial charge on any atom is -0.350 e. The molecule has 0 spiro atoms. The molecular formula is C19H32N4O. The van der Waals surface area contributed by atoms with Crippen LogP contribution in [-0.4, -0.2) is 35.3 Å². The first kappa shape index (κ1) is 17.5. The van der Waals surface area contributed by atoms with Crippen molar-refractivity contribution >= 4 is 5.91 Å². The first-order valence-corrected chi connectivity index (χ1v) is 9.67. The van der Waals surface area contributed by atoms with Gasteiger partial charge in [0, 0.05) is 19.3 Å². The third kappa shape index (κ3) is 4.38. The van der Waals surface area contributed by atoms with E-state index in [0.29, 0.717) is 17.7 Å². The van der Waals surface area contributed by atoms with E-state index in [2.05, 4.69) is 29.6 Å². The van der Waals surface area contributed by atoms with Crippen LogP contribution in [-0.2, 0) is 0 Å². The Morgan fingerprint density at radius 2 is 2.12 bits per heavy atom. The quantitative estimate of drug-likeness (QED) is 0.871. The van der Waals surface area contributed by atoms with Crippen molar-refractivity contribution in [2.75, 3.05) is 19.6 Å². The van der Waals surface area contributed by atoms with E-state index in [1.807, 2.05) is 16.9 Å². The highest BCUT2D eigenvalue weighted by molar-refractivity contribution is 5.92. The van der Waals surface area contributed by atoms with Crippen LogP contribution < -0.4 is 10.6 Å². The van der Waals surface area contributed by atoms with E-state index in [4.69, 9.17) is 0 Å². The summed E-state index contributed by atoms with van der Waals surface area (Å²) in [6.07, 6.45) is 9.35. The Bertz CT molecular complexity index is 525. The molecule has 0 aromatic carbocycles. The number of carbonyl (C=O) groups excluding carboxylic acids is 1. The Morgan fingerprint density at radius 1 is 1.33 bits per heavy atom. The van der Waals surface area contributed by atoms with Gasteiger partial charge in [-0.25, -0.2) is 0 Å². The molecule has 1 aromatic heterocycles. The van der Waals surface area contributed by atoms with Crippen molar-refractivity contribution in [1.29, 1.82) is 0 Å². The highest BCUT2D eigenvalue weighted by Gasteiger charge is 2.24. The van der Waals surface area contributed by atoms with E-state index >= 15 is 0 Å². The predicted octanol–water partition coefficient (Wildman–Crippen LogP) is 3.00. The van der Waals surface area contributed by atoms with E-state index in [0.717, 1.165) is 37.9 Å². The lowest BCUT2D eigenvalue weighted by Crippen LogP contribution is -2.33. The fourth-order valence-electron chi connectivity index (χ4n) is 4.11. The molecule has 2 aliphatic rings. The topological polar surface area (TPSA) is 59.0 Å². The van der Waals surface area contributed by atoms with Crippen LogP contribution in [0.2, 0.25) is 0 Å². The fraction of sp³-hybridized carbons (Fsp3) is 0.789. The SMILES string of the molecule is CC(C)C1CCC(CNC(=O)c2ccn(C3CCCNC3)n2)CC1. The van der Waals surface area contributed by atoms with Gasteiger partial charge in [-0.3, -0.25) is 9.48 Å². The number of piperidine rings is 1. The number of aromatic nitrogens is 2. The van der Waals surface area contributed by atoms with Crippen LogP contribution in [0.5, 0.6) is 0 Å². The zero-order valence-electron chi connectivity index (χ0n) is 15.1. The lowest BCUT2D eigenvalue weighted by atomic mass is 9.77. The van der Waals surface area contributed by atoms with Gasteiger partial charge in [0.1, 0.15) is 5.69 Å². The molecule has 1 aromatic rings. The lowest BCUT2D eigenvalue weighted by molar-refractivity contribution is 0.0933. The van der Waals surface area contributed by atoms with Gasteiger partial charge in [-0.05, 0) is 68.9 Å². The molecule has 0 bridgehead atoms. The lowest BCUT2D eigenvalue weighted by Gasteiger charge is -2.30. The van der Waals surface area contributed by atoms with Crippen molar-refractivity contribution in [3.8, 4) is 0 Å². The van der Waals surface area contributed by atoms with Gasteiger partial charge in [0.25, 0.3) is 5.91 Å². The second-order valence-electron chi connectivity index (χ2n) is 7.92. The van der Waals surface area contributed by atoms with Gasteiger partial charge in [0.2, 0.25) is 0 Å². The van der Waals surface area contributed by atoms with Gasteiger partial charge in [0.15, 0.2) is 0 Å². The monoisotopic (exact) mass is 332 g/mol. The van der Waals surface area contributed by atoms with Crippen LogP contribution in [0.3, 0.4) is 0 Å². The minimum absolute atomic E-state index is 0.0245. The van der Waals surface area contributed by atoms with Crippen molar-refractivity contribution in [3.63, 3.8) is 0 Å². The summed E-state index contributed by atoms with van der Waals surface area (Å²) in [4.78, 5) is 12.4. The Balaban J connectivity index is 1.45. The van der Waals surface area contributed by atoms with Gasteiger partial charge in [0.05, 0.1) is 6.04 Å². The largest absolute Gasteiger partial charge is 0.350 e. The van der Waals surface area contributed by atoms with Gasteiger partial charge in [-0.1, -0.05) is 13.8 Å². The molecule has 2 fully saturated rings. The van der Waals surface area contributed by atoms with E-state index in [1.165, 1.54) is 32.1 Å². The molecule has 1 saturated heterocycles. The summed E-state index contributed by atoms with van der Waals surface area (Å²) < 4.78 is 1.95. The molecule has 24 heavy (non-hydrogen) atoms. The Labute approximate surface area is 145 Å². The van der Waals surface area contributed by atoms with E-state index in [9.17, 15) is 4.79 Å². The number of amides is 1. The molecule has 2 N–H and O–H groups in total. The summed E-state index contributed by atoms with van der Waals surface area (Å²) in [6.45, 7) is 7.48. The molecule has 1 saturated carbocycles. The molecule has 0 radical (unpaired) electrons. The maximum Gasteiger partial charge on any atom is 0.271 e. The molecule has 134 valence electrons. The molecule has 1 aliphatic heterocycles. The van der Waals surface area contributed by atoms with Crippen LogP contribution in [0.25, 0.3) is 0 Å². The van der Waals surface area contributed by atoms with Crippen LogP contribution in [0, 0.1) is 17.8 Å². The molecule has 1 aliphatic carbocycles. The number of hydrogen-bond donors (Lipinski definition) is 2. The summed E-state index contributed by atoms with van der Waals surface area (Å²) in [5.41, 5.74) is 0.552.